The zero-order valence-electron chi connectivity index (χ0n) is 8.26. The first kappa shape index (κ1) is 11.5. The summed E-state index contributed by atoms with van der Waals surface area (Å²) in [4.78, 5) is 3.67. The fraction of sp³-hybridized carbons (Fsp3) is 0.364. The van der Waals surface area contributed by atoms with Crippen LogP contribution in [0.5, 0.6) is 0 Å². The third-order valence-electron chi connectivity index (χ3n) is 2.56. The predicted octanol–water partition coefficient (Wildman–Crippen LogP) is 3.20. The number of fused-ring (bicyclic) bond motifs is 1. The van der Waals surface area contributed by atoms with Gasteiger partial charge >= 0.3 is 6.18 Å². The van der Waals surface area contributed by atoms with E-state index in [-0.39, 0.29) is 12.3 Å². The molecule has 16 heavy (non-hydrogen) atoms. The third-order valence-corrected chi connectivity index (χ3v) is 2.81. The summed E-state index contributed by atoms with van der Waals surface area (Å²) in [5, 5.41) is 0. The van der Waals surface area contributed by atoms with Crippen molar-refractivity contribution in [2.24, 2.45) is 4.99 Å². The Morgan fingerprint density at radius 3 is 2.62 bits per heavy atom. The second-order valence-electron chi connectivity index (χ2n) is 3.63. The SMILES string of the molecule is FC(F)(F)C1Cc2ccccc2C(CCl)=N1. The Morgan fingerprint density at radius 2 is 2.00 bits per heavy atom. The van der Waals surface area contributed by atoms with Crippen LogP contribution in [-0.4, -0.2) is 23.8 Å². The predicted molar refractivity (Wildman–Crippen MR) is 57.2 cm³/mol. The third kappa shape index (κ3) is 2.07. The highest BCUT2D eigenvalue weighted by molar-refractivity contribution is 6.32. The van der Waals surface area contributed by atoms with E-state index in [0.717, 1.165) is 5.56 Å². The molecule has 1 aromatic carbocycles. The lowest BCUT2D eigenvalue weighted by Crippen LogP contribution is -2.34. The van der Waals surface area contributed by atoms with Crippen molar-refractivity contribution in [3.05, 3.63) is 35.4 Å². The molecular formula is C11H9ClF3N. The van der Waals surface area contributed by atoms with E-state index in [2.05, 4.69) is 4.99 Å². The van der Waals surface area contributed by atoms with Gasteiger partial charge in [-0.15, -0.1) is 11.6 Å². The highest BCUT2D eigenvalue weighted by Crippen LogP contribution is 2.30. The molecule has 0 amide bonds. The van der Waals surface area contributed by atoms with Gasteiger partial charge in [-0.3, -0.25) is 4.99 Å². The Labute approximate surface area is 95.9 Å². The van der Waals surface area contributed by atoms with Crippen LogP contribution < -0.4 is 0 Å². The van der Waals surface area contributed by atoms with Gasteiger partial charge in [-0.1, -0.05) is 24.3 Å². The molecule has 0 saturated carbocycles. The van der Waals surface area contributed by atoms with Crippen LogP contribution in [0.4, 0.5) is 13.2 Å². The minimum atomic E-state index is -4.30. The summed E-state index contributed by atoms with van der Waals surface area (Å²) in [5.74, 6) is 0.00356. The molecule has 0 N–H and O–H groups in total. The van der Waals surface area contributed by atoms with Gasteiger partial charge in [-0.05, 0) is 5.56 Å². The molecule has 1 unspecified atom stereocenters. The van der Waals surface area contributed by atoms with E-state index in [1.165, 1.54) is 0 Å². The first-order chi connectivity index (χ1) is 7.52. The fourth-order valence-corrected chi connectivity index (χ4v) is 2.00. The van der Waals surface area contributed by atoms with E-state index in [4.69, 9.17) is 11.6 Å². The zero-order valence-corrected chi connectivity index (χ0v) is 9.02. The molecule has 0 fully saturated rings. The molecule has 1 aromatic rings. The number of hydrogen-bond acceptors (Lipinski definition) is 1. The summed E-state index contributed by atoms with van der Waals surface area (Å²) in [6.07, 6.45) is -4.40. The molecule has 1 heterocycles. The van der Waals surface area contributed by atoms with Gasteiger partial charge in [0.25, 0.3) is 0 Å². The number of hydrogen-bond donors (Lipinski definition) is 0. The second kappa shape index (κ2) is 4.09. The van der Waals surface area contributed by atoms with Crippen LogP contribution in [-0.2, 0) is 6.42 Å². The highest BCUT2D eigenvalue weighted by atomic mass is 35.5. The lowest BCUT2D eigenvalue weighted by atomic mass is 9.94. The minimum absolute atomic E-state index is 0.00356. The molecule has 5 heteroatoms. The molecule has 0 aromatic heterocycles. The number of nitrogens with zero attached hydrogens (tertiary/aromatic N) is 1. The number of aliphatic imine (C=N–C) groups is 1. The largest absolute Gasteiger partial charge is 0.411 e. The monoisotopic (exact) mass is 247 g/mol. The normalized spacial score (nSPS) is 20.2. The van der Waals surface area contributed by atoms with Gasteiger partial charge in [0.05, 0.1) is 11.6 Å². The van der Waals surface area contributed by atoms with Crippen LogP contribution in [0.1, 0.15) is 11.1 Å². The van der Waals surface area contributed by atoms with Crippen molar-refractivity contribution in [1.82, 2.24) is 0 Å². The molecule has 1 aliphatic heterocycles. The maximum Gasteiger partial charge on any atom is 0.411 e. The molecular weight excluding hydrogens is 239 g/mol. The summed E-state index contributed by atoms with van der Waals surface area (Å²) < 4.78 is 37.8. The van der Waals surface area contributed by atoms with Crippen LogP contribution in [0.3, 0.4) is 0 Å². The van der Waals surface area contributed by atoms with E-state index < -0.39 is 12.2 Å². The van der Waals surface area contributed by atoms with Gasteiger partial charge in [-0.2, -0.15) is 13.2 Å². The average Bonchev–Trinajstić information content (AvgIpc) is 2.26. The molecule has 0 bridgehead atoms. The number of alkyl halides is 4. The zero-order chi connectivity index (χ0) is 11.8. The molecule has 0 aliphatic carbocycles. The lowest BCUT2D eigenvalue weighted by Gasteiger charge is -2.24. The summed E-state index contributed by atoms with van der Waals surface area (Å²) in [7, 11) is 0. The number of benzene rings is 1. The van der Waals surface area contributed by atoms with E-state index in [1.54, 1.807) is 24.3 Å². The first-order valence-electron chi connectivity index (χ1n) is 4.80. The van der Waals surface area contributed by atoms with Gasteiger partial charge in [0.2, 0.25) is 0 Å². The van der Waals surface area contributed by atoms with E-state index in [9.17, 15) is 13.2 Å². The van der Waals surface area contributed by atoms with E-state index >= 15 is 0 Å². The molecule has 86 valence electrons. The summed E-state index contributed by atoms with van der Waals surface area (Å²) in [5.41, 5.74) is 1.72. The molecule has 1 nitrogen and oxygen atoms in total. The van der Waals surface area contributed by atoms with Crippen molar-refractivity contribution >= 4 is 17.3 Å². The van der Waals surface area contributed by atoms with Gasteiger partial charge < -0.3 is 0 Å². The molecule has 2 rings (SSSR count). The minimum Gasteiger partial charge on any atom is -0.275 e. The van der Waals surface area contributed by atoms with Crippen molar-refractivity contribution in [3.63, 3.8) is 0 Å². The topological polar surface area (TPSA) is 12.4 Å². The Bertz CT molecular complexity index is 425. The molecule has 0 radical (unpaired) electrons. The van der Waals surface area contributed by atoms with Crippen molar-refractivity contribution in [2.75, 3.05) is 5.88 Å². The smallest absolute Gasteiger partial charge is 0.275 e. The molecule has 1 aliphatic rings. The molecule has 1 atom stereocenters. The van der Waals surface area contributed by atoms with E-state index in [0.29, 0.717) is 11.3 Å². The second-order valence-corrected chi connectivity index (χ2v) is 3.90. The van der Waals surface area contributed by atoms with Gasteiger partial charge in [0, 0.05) is 12.0 Å². The van der Waals surface area contributed by atoms with Crippen molar-refractivity contribution in [1.29, 1.82) is 0 Å². The average molecular weight is 248 g/mol. The lowest BCUT2D eigenvalue weighted by molar-refractivity contribution is -0.146. The molecule has 0 spiro atoms. The van der Waals surface area contributed by atoms with Crippen LogP contribution in [0.15, 0.2) is 29.3 Å². The molecule has 0 saturated heterocycles. The van der Waals surface area contributed by atoms with Crippen LogP contribution >= 0.6 is 11.6 Å². The van der Waals surface area contributed by atoms with Crippen LogP contribution in [0, 0.1) is 0 Å². The summed E-state index contributed by atoms with van der Waals surface area (Å²) >= 11 is 5.63. The summed E-state index contributed by atoms with van der Waals surface area (Å²) in [6.45, 7) is 0. The Morgan fingerprint density at radius 1 is 1.31 bits per heavy atom. The van der Waals surface area contributed by atoms with Gasteiger partial charge in [0.15, 0.2) is 0 Å². The van der Waals surface area contributed by atoms with Gasteiger partial charge in [0.1, 0.15) is 6.04 Å². The van der Waals surface area contributed by atoms with Crippen LogP contribution in [0.2, 0.25) is 0 Å². The Kier molecular flexibility index (Phi) is 2.93. The van der Waals surface area contributed by atoms with Crippen LogP contribution in [0.25, 0.3) is 0 Å². The quantitative estimate of drug-likeness (QED) is 0.676. The first-order valence-corrected chi connectivity index (χ1v) is 5.33. The van der Waals surface area contributed by atoms with Crippen molar-refractivity contribution in [3.8, 4) is 0 Å². The van der Waals surface area contributed by atoms with E-state index in [1.807, 2.05) is 0 Å². The fourth-order valence-electron chi connectivity index (χ4n) is 1.79. The highest BCUT2D eigenvalue weighted by Gasteiger charge is 2.41. The number of rotatable bonds is 1. The maximum absolute atomic E-state index is 12.6. The standard InChI is InChI=1S/C11H9ClF3N/c12-6-9-8-4-2-1-3-7(8)5-10(16-9)11(13,14)15/h1-4,10H,5-6H2. The Hall–Kier alpha value is -1.03. The van der Waals surface area contributed by atoms with Crippen molar-refractivity contribution in [2.45, 2.75) is 18.6 Å². The van der Waals surface area contributed by atoms with Gasteiger partial charge in [-0.25, -0.2) is 0 Å². The van der Waals surface area contributed by atoms with Crippen molar-refractivity contribution < 1.29 is 13.2 Å². The number of halogens is 4. The maximum atomic E-state index is 12.6. The Balaban J connectivity index is 2.43. The summed E-state index contributed by atoms with van der Waals surface area (Å²) in [6, 6.07) is 5.28.